The maximum atomic E-state index is 12.7. The van der Waals surface area contributed by atoms with Crippen LogP contribution in [0.4, 0.5) is 0 Å². The number of piperidine rings is 1. The van der Waals surface area contributed by atoms with Gasteiger partial charge in [-0.25, -0.2) is 8.42 Å². The van der Waals surface area contributed by atoms with Crippen molar-refractivity contribution in [1.82, 2.24) is 4.31 Å². The lowest BCUT2D eigenvalue weighted by Gasteiger charge is -2.33. The lowest BCUT2D eigenvalue weighted by molar-refractivity contribution is 0.303. The van der Waals surface area contributed by atoms with E-state index in [1.54, 1.807) is 12.1 Å². The molecule has 1 aliphatic heterocycles. The number of nitrogens with zero attached hydrogens (tertiary/aromatic N) is 1. The lowest BCUT2D eigenvalue weighted by Crippen LogP contribution is -2.50. The number of aryl methyl sites for hydroxylation is 2. The lowest BCUT2D eigenvalue weighted by atomic mass is 10.0. The molecule has 20 heavy (non-hydrogen) atoms. The van der Waals surface area contributed by atoms with Crippen molar-refractivity contribution in [2.45, 2.75) is 44.0 Å². The van der Waals surface area contributed by atoms with E-state index in [-0.39, 0.29) is 10.7 Å². The third-order valence-corrected chi connectivity index (χ3v) is 5.80. The van der Waals surface area contributed by atoms with Crippen LogP contribution in [0, 0.1) is 19.3 Å². The number of rotatable bonds is 3. The fraction of sp³-hybridized carbons (Fsp3) is 0.500. The van der Waals surface area contributed by atoms with Crippen molar-refractivity contribution >= 4 is 15.9 Å². The van der Waals surface area contributed by atoms with Crippen LogP contribution in [0.2, 0.25) is 0 Å². The second kappa shape index (κ2) is 5.54. The number of amidine groups is 1. The Balaban J connectivity index is 2.42. The highest BCUT2D eigenvalue weighted by atomic mass is 32.2. The van der Waals surface area contributed by atoms with Crippen LogP contribution in [0.25, 0.3) is 0 Å². The topological polar surface area (TPSA) is 87.2 Å². The smallest absolute Gasteiger partial charge is 0.243 e. The number of nitrogens with two attached hydrogens (primary N) is 1. The zero-order valence-corrected chi connectivity index (χ0v) is 12.7. The fourth-order valence-electron chi connectivity index (χ4n) is 2.51. The predicted octanol–water partition coefficient (Wildman–Crippen LogP) is 1.78. The first kappa shape index (κ1) is 15.0. The molecule has 1 atom stereocenters. The van der Waals surface area contributed by atoms with E-state index in [4.69, 9.17) is 11.1 Å². The van der Waals surface area contributed by atoms with Gasteiger partial charge in [0.15, 0.2) is 0 Å². The van der Waals surface area contributed by atoms with Gasteiger partial charge in [-0.15, -0.1) is 0 Å². The molecule has 1 saturated heterocycles. The Kier molecular flexibility index (Phi) is 4.15. The number of hydrogen-bond donors (Lipinski definition) is 2. The van der Waals surface area contributed by atoms with Crippen molar-refractivity contribution in [3.8, 4) is 0 Å². The van der Waals surface area contributed by atoms with Gasteiger partial charge in [0, 0.05) is 6.54 Å². The third kappa shape index (κ3) is 2.71. The van der Waals surface area contributed by atoms with Crippen molar-refractivity contribution in [3.05, 3.63) is 29.3 Å². The van der Waals surface area contributed by atoms with Gasteiger partial charge in [0.1, 0.15) is 5.84 Å². The molecule has 0 bridgehead atoms. The first-order chi connectivity index (χ1) is 9.34. The molecule has 0 spiro atoms. The Morgan fingerprint density at radius 2 is 2.00 bits per heavy atom. The molecule has 0 saturated carbocycles. The predicted molar refractivity (Wildman–Crippen MR) is 79.4 cm³/mol. The SMILES string of the molecule is Cc1ccc(S(=O)(=O)N2CCCCC2C(=N)N)cc1C. The molecular weight excluding hydrogens is 274 g/mol. The highest BCUT2D eigenvalue weighted by Crippen LogP contribution is 2.26. The van der Waals surface area contributed by atoms with Crippen LogP contribution in [0.3, 0.4) is 0 Å². The van der Waals surface area contributed by atoms with Crippen LogP contribution in [0.1, 0.15) is 30.4 Å². The molecule has 1 unspecified atom stereocenters. The molecule has 1 fully saturated rings. The Hall–Kier alpha value is -1.40. The van der Waals surface area contributed by atoms with Crippen LogP contribution in [0.5, 0.6) is 0 Å². The molecule has 1 heterocycles. The minimum Gasteiger partial charge on any atom is -0.386 e. The molecule has 5 nitrogen and oxygen atoms in total. The number of hydrogen-bond acceptors (Lipinski definition) is 3. The van der Waals surface area contributed by atoms with E-state index in [0.29, 0.717) is 13.0 Å². The molecule has 6 heteroatoms. The number of nitrogens with one attached hydrogen (secondary N) is 1. The van der Waals surface area contributed by atoms with Crippen LogP contribution in [-0.4, -0.2) is 31.1 Å². The summed E-state index contributed by atoms with van der Waals surface area (Å²) in [5.41, 5.74) is 7.57. The summed E-state index contributed by atoms with van der Waals surface area (Å²) >= 11 is 0. The van der Waals surface area contributed by atoms with E-state index in [1.165, 1.54) is 4.31 Å². The Morgan fingerprint density at radius 1 is 1.30 bits per heavy atom. The Bertz CT molecular complexity index is 625. The Morgan fingerprint density at radius 3 is 2.60 bits per heavy atom. The Labute approximate surface area is 120 Å². The van der Waals surface area contributed by atoms with Crippen molar-refractivity contribution in [3.63, 3.8) is 0 Å². The maximum absolute atomic E-state index is 12.7. The normalized spacial score (nSPS) is 20.8. The van der Waals surface area contributed by atoms with E-state index in [0.717, 1.165) is 24.0 Å². The summed E-state index contributed by atoms with van der Waals surface area (Å²) in [5, 5.41) is 7.61. The molecule has 1 aliphatic rings. The summed E-state index contributed by atoms with van der Waals surface area (Å²) in [6.07, 6.45) is 2.34. The third-order valence-electron chi connectivity index (χ3n) is 3.90. The summed E-state index contributed by atoms with van der Waals surface area (Å²) in [6.45, 7) is 4.28. The van der Waals surface area contributed by atoms with Gasteiger partial charge in [0.25, 0.3) is 0 Å². The van der Waals surface area contributed by atoms with E-state index < -0.39 is 16.1 Å². The van der Waals surface area contributed by atoms with Crippen LogP contribution < -0.4 is 5.73 Å². The number of sulfonamides is 1. The highest BCUT2D eigenvalue weighted by molar-refractivity contribution is 7.89. The largest absolute Gasteiger partial charge is 0.386 e. The standard InChI is InChI=1S/C14H21N3O2S/c1-10-6-7-12(9-11(10)2)20(18,19)17-8-4-3-5-13(17)14(15)16/h6-7,9,13H,3-5,8H2,1-2H3,(H3,15,16). The van der Waals surface area contributed by atoms with Gasteiger partial charge >= 0.3 is 0 Å². The first-order valence-electron chi connectivity index (χ1n) is 6.77. The average Bonchev–Trinajstić information content (AvgIpc) is 2.41. The van der Waals surface area contributed by atoms with Crippen molar-refractivity contribution < 1.29 is 8.42 Å². The van der Waals surface area contributed by atoms with Gasteiger partial charge in [-0.2, -0.15) is 4.31 Å². The molecular formula is C14H21N3O2S. The van der Waals surface area contributed by atoms with E-state index in [2.05, 4.69) is 0 Å². The van der Waals surface area contributed by atoms with Crippen LogP contribution in [0.15, 0.2) is 23.1 Å². The summed E-state index contributed by atoms with van der Waals surface area (Å²) in [5.74, 6) is -0.0721. The van der Waals surface area contributed by atoms with Gasteiger partial charge in [-0.3, -0.25) is 5.41 Å². The summed E-state index contributed by atoms with van der Waals surface area (Å²) in [6, 6.07) is 4.63. The van der Waals surface area contributed by atoms with E-state index in [9.17, 15) is 8.42 Å². The van der Waals surface area contributed by atoms with Gasteiger partial charge in [-0.1, -0.05) is 12.5 Å². The van der Waals surface area contributed by atoms with Crippen LogP contribution >= 0.6 is 0 Å². The minimum atomic E-state index is -3.58. The van der Waals surface area contributed by atoms with E-state index in [1.807, 2.05) is 19.9 Å². The molecule has 3 N–H and O–H groups in total. The van der Waals surface area contributed by atoms with Crippen LogP contribution in [-0.2, 0) is 10.0 Å². The second-order valence-corrected chi connectivity index (χ2v) is 7.22. The first-order valence-corrected chi connectivity index (χ1v) is 8.21. The van der Waals surface area contributed by atoms with Crippen molar-refractivity contribution in [2.75, 3.05) is 6.54 Å². The van der Waals surface area contributed by atoms with E-state index >= 15 is 0 Å². The van der Waals surface area contributed by atoms with Crippen molar-refractivity contribution in [1.29, 1.82) is 5.41 Å². The fourth-order valence-corrected chi connectivity index (χ4v) is 4.27. The number of benzene rings is 1. The molecule has 1 aromatic carbocycles. The highest BCUT2D eigenvalue weighted by Gasteiger charge is 2.35. The van der Waals surface area contributed by atoms with Gasteiger partial charge < -0.3 is 5.73 Å². The maximum Gasteiger partial charge on any atom is 0.243 e. The zero-order valence-electron chi connectivity index (χ0n) is 11.9. The molecule has 0 radical (unpaired) electrons. The van der Waals surface area contributed by atoms with Gasteiger partial charge in [0.05, 0.1) is 10.9 Å². The van der Waals surface area contributed by atoms with Gasteiger partial charge in [0.2, 0.25) is 10.0 Å². The molecule has 1 aromatic rings. The van der Waals surface area contributed by atoms with Gasteiger partial charge in [-0.05, 0) is 49.9 Å². The minimum absolute atomic E-state index is 0.0721. The summed E-state index contributed by atoms with van der Waals surface area (Å²) in [4.78, 5) is 0.286. The zero-order chi connectivity index (χ0) is 14.9. The molecule has 0 amide bonds. The van der Waals surface area contributed by atoms with Crippen molar-refractivity contribution in [2.24, 2.45) is 5.73 Å². The molecule has 110 valence electrons. The average molecular weight is 295 g/mol. The summed E-state index contributed by atoms with van der Waals surface area (Å²) < 4.78 is 26.9. The molecule has 2 rings (SSSR count). The summed E-state index contributed by atoms with van der Waals surface area (Å²) in [7, 11) is -3.58. The molecule has 0 aromatic heterocycles. The monoisotopic (exact) mass is 295 g/mol. The second-order valence-electron chi connectivity index (χ2n) is 5.33. The molecule has 0 aliphatic carbocycles. The quantitative estimate of drug-likeness (QED) is 0.658.